The molecule has 0 unspecified atom stereocenters. The molecule has 0 atom stereocenters. The van der Waals surface area contributed by atoms with E-state index in [1.54, 1.807) is 24.3 Å². The van der Waals surface area contributed by atoms with E-state index in [-0.39, 0.29) is 14.8 Å². The highest BCUT2D eigenvalue weighted by Crippen LogP contribution is 2.06. The number of nitrogens with one attached hydrogen (secondary N) is 1. The number of amides is 1. The van der Waals surface area contributed by atoms with Gasteiger partial charge < -0.3 is 15.4 Å². The first-order chi connectivity index (χ1) is 9.15. The van der Waals surface area contributed by atoms with Gasteiger partial charge in [-0.2, -0.15) is 0 Å². The third-order valence-electron chi connectivity index (χ3n) is 2.70. The van der Waals surface area contributed by atoms with Gasteiger partial charge in [-0.05, 0) is 23.2 Å². The van der Waals surface area contributed by atoms with Crippen LogP contribution in [0.5, 0.6) is 0 Å². The Morgan fingerprint density at radius 2 is 1.65 bits per heavy atom. The van der Waals surface area contributed by atoms with Crippen LogP contribution in [0.4, 0.5) is 5.69 Å². The molecule has 0 bridgehead atoms. The number of hydrogen-bond acceptors (Lipinski definition) is 3. The molecule has 0 heterocycles. The summed E-state index contributed by atoms with van der Waals surface area (Å²) in [6, 6.07) is 15.9. The van der Waals surface area contributed by atoms with E-state index in [1.807, 2.05) is 30.3 Å². The fraction of sp³-hybridized carbons (Fsp3) is 0.133. The number of anilines is 1. The Bertz CT molecular complexity index is 547. The largest absolute Gasteiger partial charge is 0.488 e. The van der Waals surface area contributed by atoms with Crippen LogP contribution in [0.2, 0.25) is 0 Å². The first-order valence-corrected chi connectivity index (χ1v) is 5.95. The van der Waals surface area contributed by atoms with Gasteiger partial charge >= 0.3 is 7.12 Å². The van der Waals surface area contributed by atoms with Crippen LogP contribution in [0.1, 0.15) is 14.4 Å². The predicted molar refractivity (Wildman–Crippen MR) is 83.9 cm³/mol. The van der Waals surface area contributed by atoms with Gasteiger partial charge in [0.15, 0.2) is 0 Å². The first-order valence-electron chi connectivity index (χ1n) is 5.95. The summed E-state index contributed by atoms with van der Waals surface area (Å²) in [6.07, 6.45) is 0.311. The van der Waals surface area contributed by atoms with Gasteiger partial charge in [-0.3, -0.25) is 4.79 Å². The van der Waals surface area contributed by atoms with Crippen molar-refractivity contribution in [2.75, 3.05) is 5.32 Å². The zero-order chi connectivity index (χ0) is 13.7. The van der Waals surface area contributed by atoms with Crippen LogP contribution in [0.25, 0.3) is 0 Å². The Morgan fingerprint density at radius 3 is 2.20 bits per heavy atom. The van der Waals surface area contributed by atoms with Crippen molar-refractivity contribution < 1.29 is 16.3 Å². The van der Waals surface area contributed by atoms with Gasteiger partial charge in [0.05, 0.1) is 6.42 Å². The smallest absolute Gasteiger partial charge is 0.423 e. The number of carbonyl (C=O) groups is 1. The molecule has 0 spiro atoms. The maximum absolute atomic E-state index is 11.8. The summed E-state index contributed by atoms with van der Waals surface area (Å²) < 4.78 is 0. The summed E-state index contributed by atoms with van der Waals surface area (Å²) in [5.41, 5.74) is 1.97. The zero-order valence-electron chi connectivity index (χ0n) is 10.3. The van der Waals surface area contributed by atoms with Crippen LogP contribution >= 0.6 is 0 Å². The molecule has 5 heteroatoms. The first kappa shape index (κ1) is 16.0. The lowest BCUT2D eigenvalue weighted by atomic mass is 9.80. The molecule has 2 rings (SSSR count). The van der Waals surface area contributed by atoms with Crippen LogP contribution in [-0.2, 0) is 11.2 Å². The van der Waals surface area contributed by atoms with Crippen molar-refractivity contribution in [2.45, 2.75) is 13.8 Å². The average Bonchev–Trinajstić information content (AvgIpc) is 2.40. The molecule has 3 N–H and O–H groups in total. The van der Waals surface area contributed by atoms with Crippen molar-refractivity contribution in [3.63, 3.8) is 0 Å². The molecule has 0 aliphatic heterocycles. The Kier molecular flexibility index (Phi) is 5.96. The van der Waals surface area contributed by atoms with E-state index in [9.17, 15) is 4.79 Å². The molecule has 20 heavy (non-hydrogen) atoms. The standard InChI is InChI=1S/C14H14BNO3.CH4.H2/c17-14(10-11-4-2-1-3-5-11)16-13-8-6-12(7-9-13)15(18)19;;/h1-9,18-19H,10H2,(H,16,17);1H4;1H. The highest BCUT2D eigenvalue weighted by molar-refractivity contribution is 6.58. The fourth-order valence-corrected chi connectivity index (χ4v) is 1.73. The highest BCUT2D eigenvalue weighted by Gasteiger charge is 2.10. The second-order valence-corrected chi connectivity index (χ2v) is 4.21. The SMILES string of the molecule is C.O=C(Cc1ccccc1)Nc1ccc(B(O)O)cc1.[HH]. The van der Waals surface area contributed by atoms with Gasteiger partial charge in [-0.15, -0.1) is 0 Å². The number of rotatable bonds is 4. The molecular weight excluding hydrogens is 253 g/mol. The van der Waals surface area contributed by atoms with Crippen molar-refractivity contribution in [1.82, 2.24) is 0 Å². The molecule has 0 saturated heterocycles. The van der Waals surface area contributed by atoms with Crippen LogP contribution < -0.4 is 10.8 Å². The van der Waals surface area contributed by atoms with Gasteiger partial charge in [0.25, 0.3) is 0 Å². The Hall–Kier alpha value is -2.11. The molecule has 4 nitrogen and oxygen atoms in total. The van der Waals surface area contributed by atoms with E-state index >= 15 is 0 Å². The van der Waals surface area contributed by atoms with Gasteiger partial charge in [0, 0.05) is 7.11 Å². The van der Waals surface area contributed by atoms with Gasteiger partial charge in [0.1, 0.15) is 0 Å². The van der Waals surface area contributed by atoms with Crippen molar-refractivity contribution in [3.05, 3.63) is 60.2 Å². The van der Waals surface area contributed by atoms with Gasteiger partial charge in [-0.25, -0.2) is 0 Å². The molecule has 0 aliphatic rings. The lowest BCUT2D eigenvalue weighted by Gasteiger charge is -2.06. The Morgan fingerprint density at radius 1 is 1.05 bits per heavy atom. The van der Waals surface area contributed by atoms with E-state index in [0.717, 1.165) is 5.56 Å². The maximum atomic E-state index is 11.8. The van der Waals surface area contributed by atoms with Crippen molar-refractivity contribution in [3.8, 4) is 0 Å². The van der Waals surface area contributed by atoms with Crippen LogP contribution in [-0.4, -0.2) is 23.1 Å². The second kappa shape index (κ2) is 7.48. The van der Waals surface area contributed by atoms with E-state index in [2.05, 4.69) is 5.32 Å². The molecule has 0 saturated carbocycles. The van der Waals surface area contributed by atoms with E-state index in [0.29, 0.717) is 17.6 Å². The Labute approximate surface area is 120 Å². The summed E-state index contributed by atoms with van der Waals surface area (Å²) in [5, 5.41) is 20.7. The number of hydrogen-bond donors (Lipinski definition) is 3. The zero-order valence-corrected chi connectivity index (χ0v) is 10.3. The molecule has 2 aromatic carbocycles. The second-order valence-electron chi connectivity index (χ2n) is 4.21. The quantitative estimate of drug-likeness (QED) is 0.738. The molecular formula is C15H20BNO3. The van der Waals surface area contributed by atoms with E-state index < -0.39 is 7.12 Å². The van der Waals surface area contributed by atoms with Gasteiger partial charge in [-0.1, -0.05) is 49.9 Å². The van der Waals surface area contributed by atoms with Crippen molar-refractivity contribution >= 4 is 24.2 Å². The van der Waals surface area contributed by atoms with E-state index in [4.69, 9.17) is 10.0 Å². The number of benzene rings is 2. The molecule has 1 amide bonds. The molecule has 0 aromatic heterocycles. The molecule has 106 valence electrons. The van der Waals surface area contributed by atoms with E-state index in [1.165, 1.54) is 0 Å². The van der Waals surface area contributed by atoms with Crippen LogP contribution in [0.3, 0.4) is 0 Å². The van der Waals surface area contributed by atoms with Crippen molar-refractivity contribution in [1.29, 1.82) is 0 Å². The molecule has 0 aliphatic carbocycles. The summed E-state index contributed by atoms with van der Waals surface area (Å²) in [7, 11) is -1.49. The Balaban J connectivity index is 0.00000200. The monoisotopic (exact) mass is 273 g/mol. The number of carbonyl (C=O) groups excluding carboxylic acids is 1. The molecule has 2 aromatic rings. The fourth-order valence-electron chi connectivity index (χ4n) is 1.73. The third kappa shape index (κ3) is 4.53. The maximum Gasteiger partial charge on any atom is 0.488 e. The van der Waals surface area contributed by atoms with Crippen molar-refractivity contribution in [2.24, 2.45) is 0 Å². The minimum absolute atomic E-state index is 0. The summed E-state index contributed by atoms with van der Waals surface area (Å²) >= 11 is 0. The summed E-state index contributed by atoms with van der Waals surface area (Å²) in [6.45, 7) is 0. The van der Waals surface area contributed by atoms with Crippen LogP contribution in [0.15, 0.2) is 54.6 Å². The van der Waals surface area contributed by atoms with Crippen LogP contribution in [0, 0.1) is 0 Å². The lowest BCUT2D eigenvalue weighted by molar-refractivity contribution is -0.115. The molecule has 0 fully saturated rings. The lowest BCUT2D eigenvalue weighted by Crippen LogP contribution is -2.29. The third-order valence-corrected chi connectivity index (χ3v) is 2.70. The normalized spacial score (nSPS) is 9.50. The average molecular weight is 273 g/mol. The highest BCUT2D eigenvalue weighted by atomic mass is 16.4. The minimum Gasteiger partial charge on any atom is -0.423 e. The summed E-state index contributed by atoms with van der Waals surface area (Å²) in [5.74, 6) is -0.108. The minimum atomic E-state index is -1.49. The molecule has 0 radical (unpaired) electrons. The van der Waals surface area contributed by atoms with Gasteiger partial charge in [0.2, 0.25) is 5.91 Å². The predicted octanol–water partition coefficient (Wildman–Crippen LogP) is 1.43. The topological polar surface area (TPSA) is 69.6 Å². The summed E-state index contributed by atoms with van der Waals surface area (Å²) in [4.78, 5) is 11.8.